The summed E-state index contributed by atoms with van der Waals surface area (Å²) in [5.41, 5.74) is -0.679. The summed E-state index contributed by atoms with van der Waals surface area (Å²) in [6.07, 6.45) is 4.21. The van der Waals surface area contributed by atoms with Crippen molar-refractivity contribution in [2.45, 2.75) is 31.5 Å². The maximum Gasteiger partial charge on any atom is 0.200 e. The van der Waals surface area contributed by atoms with Crippen molar-refractivity contribution in [2.75, 3.05) is 39.5 Å². The summed E-state index contributed by atoms with van der Waals surface area (Å²) in [7, 11) is 0. The van der Waals surface area contributed by atoms with Gasteiger partial charge in [0.25, 0.3) is 0 Å². The highest BCUT2D eigenvalue weighted by Crippen LogP contribution is 2.65. The minimum atomic E-state index is -1.23. The van der Waals surface area contributed by atoms with Gasteiger partial charge >= 0.3 is 0 Å². The van der Waals surface area contributed by atoms with Gasteiger partial charge in [-0.15, -0.1) is 0 Å². The summed E-state index contributed by atoms with van der Waals surface area (Å²) in [5.74, 6) is -0.574. The first-order valence-corrected chi connectivity index (χ1v) is 11.8. The maximum atomic E-state index is 14.1. The van der Waals surface area contributed by atoms with Crippen molar-refractivity contribution in [1.29, 1.82) is 0 Å². The monoisotopic (exact) mass is 451 g/mol. The highest BCUT2D eigenvalue weighted by Gasteiger charge is 2.79. The third-order valence-electron chi connectivity index (χ3n) is 8.17. The third kappa shape index (κ3) is 2.67. The number of aromatic hydroxyl groups is 1. The second-order valence-corrected chi connectivity index (χ2v) is 10.1. The van der Waals surface area contributed by atoms with Crippen LogP contribution in [0.4, 0.5) is 0 Å². The molecule has 0 radical (unpaired) electrons. The zero-order valence-corrected chi connectivity index (χ0v) is 19.0. The summed E-state index contributed by atoms with van der Waals surface area (Å²) in [5, 5.41) is 10.4. The number of fused-ring (bicyclic) bond motifs is 1. The first kappa shape index (κ1) is 21.1. The summed E-state index contributed by atoms with van der Waals surface area (Å²) in [4.78, 5) is 30.2. The molecular weight excluding hydrogens is 422 g/mol. The van der Waals surface area contributed by atoms with Gasteiger partial charge in [0.05, 0.1) is 19.8 Å². The lowest BCUT2D eigenvalue weighted by Crippen LogP contribution is -2.74. The van der Waals surface area contributed by atoms with Crippen LogP contribution in [-0.2, 0) is 14.3 Å². The van der Waals surface area contributed by atoms with Gasteiger partial charge in [-0.25, -0.2) is 0 Å². The molecule has 1 saturated carbocycles. The van der Waals surface area contributed by atoms with Gasteiger partial charge in [-0.3, -0.25) is 14.5 Å². The Morgan fingerprint density at radius 1 is 1.24 bits per heavy atom. The number of benzene rings is 1. The second-order valence-electron chi connectivity index (χ2n) is 10.1. The molecule has 33 heavy (non-hydrogen) atoms. The van der Waals surface area contributed by atoms with Crippen LogP contribution in [0.25, 0.3) is 0 Å². The van der Waals surface area contributed by atoms with E-state index in [-0.39, 0.29) is 34.7 Å². The molecular formula is C26H29NO6. The molecule has 174 valence electrons. The second kappa shape index (κ2) is 7.26. The number of ether oxygens (including phenoxy) is 3. The predicted molar refractivity (Wildman–Crippen MR) is 119 cm³/mol. The Morgan fingerprint density at radius 2 is 2.03 bits per heavy atom. The van der Waals surface area contributed by atoms with Gasteiger partial charge in [0.15, 0.2) is 22.8 Å². The molecule has 1 aromatic rings. The molecule has 0 amide bonds. The molecule has 5 atom stereocenters. The van der Waals surface area contributed by atoms with Crippen molar-refractivity contribution < 1.29 is 28.9 Å². The number of phenolic OH excluding ortho intramolecular Hbond substituents is 1. The van der Waals surface area contributed by atoms with Gasteiger partial charge in [0, 0.05) is 43.5 Å². The van der Waals surface area contributed by atoms with Gasteiger partial charge < -0.3 is 19.3 Å². The van der Waals surface area contributed by atoms with Crippen LogP contribution in [0.5, 0.6) is 11.5 Å². The van der Waals surface area contributed by atoms with Crippen LogP contribution in [0.2, 0.25) is 0 Å². The molecule has 7 rings (SSSR count). The zero-order valence-electron chi connectivity index (χ0n) is 19.0. The first-order valence-electron chi connectivity index (χ1n) is 11.8. The zero-order chi connectivity index (χ0) is 23.0. The fourth-order valence-corrected chi connectivity index (χ4v) is 6.65. The lowest BCUT2D eigenvalue weighted by molar-refractivity contribution is -0.171. The molecule has 7 nitrogen and oxygen atoms in total. The summed E-state index contributed by atoms with van der Waals surface area (Å²) < 4.78 is 18.6. The largest absolute Gasteiger partial charge is 0.507 e. The van der Waals surface area contributed by atoms with E-state index in [0.717, 1.165) is 25.2 Å². The number of Topliss-reactive ketones (excluding diaryl/α,β-unsaturated/α-hetero) is 2. The van der Waals surface area contributed by atoms with Crippen LogP contribution in [0.3, 0.4) is 0 Å². The number of ketones is 2. The van der Waals surface area contributed by atoms with Crippen molar-refractivity contribution in [1.82, 2.24) is 4.90 Å². The Kier molecular flexibility index (Phi) is 4.64. The molecule has 6 aliphatic rings. The van der Waals surface area contributed by atoms with Crippen LogP contribution >= 0.6 is 0 Å². The van der Waals surface area contributed by atoms with Crippen LogP contribution < -0.4 is 4.74 Å². The summed E-state index contributed by atoms with van der Waals surface area (Å²) in [6, 6.07) is 4.87. The van der Waals surface area contributed by atoms with Crippen molar-refractivity contribution >= 4 is 11.6 Å². The lowest BCUT2D eigenvalue weighted by Gasteiger charge is -2.58. The number of nitrogens with zero attached hydrogens (tertiary/aromatic N) is 1. The van der Waals surface area contributed by atoms with Gasteiger partial charge in [-0.2, -0.15) is 0 Å². The fraction of sp³-hybridized carbons (Fsp3) is 0.538. The Balaban J connectivity index is 1.51. The fourth-order valence-electron chi connectivity index (χ4n) is 6.65. The van der Waals surface area contributed by atoms with Crippen molar-refractivity contribution in [3.05, 3.63) is 47.1 Å². The molecule has 1 unspecified atom stereocenters. The molecule has 3 heterocycles. The van der Waals surface area contributed by atoms with Gasteiger partial charge in [-0.05, 0) is 31.9 Å². The molecule has 0 aromatic heterocycles. The van der Waals surface area contributed by atoms with Gasteiger partial charge in [0.1, 0.15) is 17.1 Å². The van der Waals surface area contributed by atoms with E-state index in [0.29, 0.717) is 37.6 Å². The van der Waals surface area contributed by atoms with Crippen LogP contribution in [0.15, 0.2) is 41.5 Å². The quantitative estimate of drug-likeness (QED) is 0.704. The molecule has 1 aromatic carbocycles. The average molecular weight is 452 g/mol. The van der Waals surface area contributed by atoms with Crippen molar-refractivity contribution in [2.24, 2.45) is 17.8 Å². The van der Waals surface area contributed by atoms with E-state index in [1.165, 1.54) is 6.07 Å². The Hall–Kier alpha value is -2.48. The van der Waals surface area contributed by atoms with Crippen molar-refractivity contribution in [3.8, 4) is 11.5 Å². The topological polar surface area (TPSA) is 85.3 Å². The highest BCUT2D eigenvalue weighted by molar-refractivity contribution is 6.18. The lowest BCUT2D eigenvalue weighted by atomic mass is 9.49. The molecule has 2 saturated heterocycles. The van der Waals surface area contributed by atoms with Crippen LogP contribution in [0, 0.1) is 17.8 Å². The number of phenols is 1. The number of hydrogen-bond acceptors (Lipinski definition) is 7. The SMILES string of the molecule is CC(C)=CCC12OC[C@@H]3[C@@H](CN4CCOCC4)[C@@H](C=C4C(=O)c5c(O)cccc5O[C@]431)C2=O. The Labute approximate surface area is 193 Å². The number of allylic oxidation sites excluding steroid dienone is 2. The Bertz CT molecular complexity index is 1100. The van der Waals surface area contributed by atoms with E-state index < -0.39 is 17.1 Å². The molecule has 3 fully saturated rings. The molecule has 1 spiro atoms. The highest BCUT2D eigenvalue weighted by atomic mass is 16.6. The molecule has 3 aliphatic carbocycles. The number of carbonyl (C=O) groups is 2. The normalized spacial score (nSPS) is 36.7. The minimum Gasteiger partial charge on any atom is -0.507 e. The van der Waals surface area contributed by atoms with E-state index in [1.54, 1.807) is 12.1 Å². The minimum absolute atomic E-state index is 0.00617. The van der Waals surface area contributed by atoms with Gasteiger partial charge in [0.2, 0.25) is 0 Å². The number of carbonyl (C=O) groups excluding carboxylic acids is 2. The standard InChI is InChI=1S/C26H29NO6/c1-15(2)6-7-25-24(30)16-12-18-23(29)22-20(28)4-3-5-21(22)33-26(18,25)19(14-32-25)17(16)13-27-8-10-31-11-9-27/h3-6,12,16-17,19,28H,7-11,13-14H2,1-2H3/t16-,17+,19-,25?,26-/m1/s1. The van der Waals surface area contributed by atoms with E-state index in [2.05, 4.69) is 4.90 Å². The van der Waals surface area contributed by atoms with Gasteiger partial charge in [-0.1, -0.05) is 23.8 Å². The van der Waals surface area contributed by atoms with Crippen molar-refractivity contribution in [3.63, 3.8) is 0 Å². The van der Waals surface area contributed by atoms with E-state index in [9.17, 15) is 14.7 Å². The third-order valence-corrected chi connectivity index (χ3v) is 8.17. The predicted octanol–water partition coefficient (Wildman–Crippen LogP) is 2.53. The Morgan fingerprint density at radius 3 is 2.79 bits per heavy atom. The van der Waals surface area contributed by atoms with E-state index in [1.807, 2.05) is 26.0 Å². The molecule has 4 bridgehead atoms. The van der Waals surface area contributed by atoms with E-state index >= 15 is 0 Å². The molecule has 3 aliphatic heterocycles. The summed E-state index contributed by atoms with van der Waals surface area (Å²) >= 11 is 0. The summed E-state index contributed by atoms with van der Waals surface area (Å²) in [6.45, 7) is 8.11. The molecule has 7 heteroatoms. The number of morpholine rings is 1. The number of rotatable bonds is 4. The molecule has 1 N–H and O–H groups in total. The number of hydrogen-bond donors (Lipinski definition) is 1. The average Bonchev–Trinajstić information content (AvgIpc) is 3.08. The van der Waals surface area contributed by atoms with Crippen LogP contribution in [0.1, 0.15) is 30.6 Å². The smallest absolute Gasteiger partial charge is 0.200 e. The van der Waals surface area contributed by atoms with E-state index in [4.69, 9.17) is 14.2 Å². The maximum absolute atomic E-state index is 14.1. The first-order chi connectivity index (χ1) is 15.9. The van der Waals surface area contributed by atoms with Crippen LogP contribution in [-0.4, -0.2) is 72.2 Å².